The topological polar surface area (TPSA) is 101 Å². The largest absolute Gasteiger partial charge is 2.00 e. The van der Waals surface area contributed by atoms with Crippen LogP contribution in [-0.2, 0) is 84.6 Å². The van der Waals surface area contributed by atoms with Crippen LogP contribution in [0.2, 0.25) is 0 Å². The molecule has 0 aliphatic heterocycles. The molecule has 0 saturated heterocycles. The molecule has 16 heteroatoms. The first-order valence-corrected chi connectivity index (χ1v) is 23.7. The normalized spacial score (nSPS) is 17.9. The first-order chi connectivity index (χ1) is 27.3. The van der Waals surface area contributed by atoms with Gasteiger partial charge in [0.25, 0.3) is 11.1 Å². The minimum atomic E-state index is -0.0872. The van der Waals surface area contributed by atoms with Gasteiger partial charge >= 0.3 is 89.6 Å². The second kappa shape index (κ2) is 31.5. The van der Waals surface area contributed by atoms with Crippen LogP contribution in [0, 0.1) is 24.7 Å². The van der Waals surface area contributed by atoms with E-state index in [1.54, 1.807) is 24.1 Å². The van der Waals surface area contributed by atoms with Gasteiger partial charge in [-0.25, -0.2) is 19.4 Å². The Kier molecular flexibility index (Phi) is 29.6. The number of aromatic nitrogens is 4. The van der Waals surface area contributed by atoms with Gasteiger partial charge in [-0.05, 0) is 24.6 Å². The van der Waals surface area contributed by atoms with Gasteiger partial charge in [-0.2, -0.15) is 23.0 Å². The van der Waals surface area contributed by atoms with Gasteiger partial charge in [0.05, 0.1) is 10.8 Å². The van der Waals surface area contributed by atoms with Crippen LogP contribution in [0.15, 0.2) is 68.3 Å². The van der Waals surface area contributed by atoms with E-state index >= 15 is 0 Å². The Hall–Kier alpha value is -1.40. The first-order valence-electron chi connectivity index (χ1n) is 19.7. The van der Waals surface area contributed by atoms with E-state index < -0.39 is 0 Å². The smallest absolute Gasteiger partial charge is 2.00 e. The fourth-order valence-electron chi connectivity index (χ4n) is 7.16. The van der Waals surface area contributed by atoms with Crippen LogP contribution in [0.5, 0.6) is 0 Å². The SMILES string of the molecule is C1CCCC1.C1CCCC1.CN(/N=C/C1[CH-]CCC1)c1nn(C)c(=O)c2ccccc12.CN(/N=C/C1[CH-]CCC1)c1nn(C)c(=O)c2ccccc12.[Cl][Pd+].[Cl][Pd+].[Fe+2].[Fe+2]. The standard InChI is InChI=1S/2C16H19N4O.2C5H10.2ClH.2Fe.2Pd/c2*1-19(17-11-12-7-3-4-8-12)15-13-9-5-6-10-14(13)16(21)20(2)18-15;2*1-2-4-5-3-1;;;;;;/h2*5-7,9-12H,3-4,8H2,1-2H3;2*1-5H2;2*1H;;;;/q2*-1;;;;;4*+2/p-2/b2*17-11+;;;;;;;;. The van der Waals surface area contributed by atoms with Crippen LogP contribution in [0.4, 0.5) is 11.6 Å². The maximum atomic E-state index is 12.1. The summed E-state index contributed by atoms with van der Waals surface area (Å²) in [5.41, 5.74) is -0.174. The number of aryl methyl sites for hydroxylation is 2. The molecular weight excluding hydrogens is 1040 g/mol. The Bertz CT molecular complexity index is 1760. The van der Waals surface area contributed by atoms with Crippen molar-refractivity contribution in [1.82, 2.24) is 19.6 Å². The molecule has 8 rings (SSSR count). The Morgan fingerprint density at radius 1 is 0.586 bits per heavy atom. The molecule has 2 aromatic carbocycles. The van der Waals surface area contributed by atoms with Crippen molar-refractivity contribution < 1.29 is 70.5 Å². The van der Waals surface area contributed by atoms with Crippen molar-refractivity contribution in [3.63, 3.8) is 0 Å². The molecule has 4 aliphatic carbocycles. The Labute approximate surface area is 396 Å². The Morgan fingerprint density at radius 3 is 1.16 bits per heavy atom. The summed E-state index contributed by atoms with van der Waals surface area (Å²) in [5.74, 6) is 2.29. The number of nitrogens with zero attached hydrogens (tertiary/aromatic N) is 8. The number of benzene rings is 2. The summed E-state index contributed by atoms with van der Waals surface area (Å²) in [7, 11) is 16.0. The van der Waals surface area contributed by atoms with Crippen molar-refractivity contribution in [2.24, 2.45) is 36.1 Å². The molecule has 2 heterocycles. The van der Waals surface area contributed by atoms with Gasteiger partial charge in [0.15, 0.2) is 11.6 Å². The van der Waals surface area contributed by atoms with Gasteiger partial charge < -0.3 is 12.8 Å². The van der Waals surface area contributed by atoms with Gasteiger partial charge in [-0.3, -0.25) is 9.59 Å². The van der Waals surface area contributed by atoms with Crippen LogP contribution in [0.1, 0.15) is 103 Å². The van der Waals surface area contributed by atoms with E-state index in [1.165, 1.54) is 112 Å². The summed E-state index contributed by atoms with van der Waals surface area (Å²) in [6, 6.07) is 15.0. The molecular formula is C42H58Cl2Fe2N8O2Pd2+4. The van der Waals surface area contributed by atoms with E-state index in [2.05, 4.69) is 88.7 Å². The third-order valence-electron chi connectivity index (χ3n) is 10.3. The zero-order valence-electron chi connectivity index (χ0n) is 33.9. The molecule has 2 atom stereocenters. The minimum Gasteiger partial charge on any atom is 2.00 e. The van der Waals surface area contributed by atoms with Crippen LogP contribution < -0.4 is 21.1 Å². The van der Waals surface area contributed by atoms with Crippen molar-refractivity contribution >= 4 is 64.7 Å². The fourth-order valence-corrected chi connectivity index (χ4v) is 7.16. The van der Waals surface area contributed by atoms with Crippen LogP contribution in [-0.4, -0.2) is 46.1 Å². The maximum Gasteiger partial charge on any atom is 2.00 e. The molecule has 4 saturated carbocycles. The quantitative estimate of drug-likeness (QED) is 0.0826. The summed E-state index contributed by atoms with van der Waals surface area (Å²) in [4.78, 5) is 24.2. The van der Waals surface area contributed by atoms with Crippen molar-refractivity contribution in [2.45, 2.75) is 103 Å². The predicted octanol–water partition coefficient (Wildman–Crippen LogP) is 9.99. The van der Waals surface area contributed by atoms with E-state index in [0.29, 0.717) is 34.2 Å². The first kappa shape index (κ1) is 54.6. The minimum absolute atomic E-state index is 0. The molecule has 0 N–H and O–H groups in total. The number of rotatable bonds is 6. The summed E-state index contributed by atoms with van der Waals surface area (Å²) >= 11 is 4.44. The number of anilines is 2. The molecule has 0 radical (unpaired) electrons. The molecule has 2 unspecified atom stereocenters. The molecule has 0 spiro atoms. The summed E-state index contributed by atoms with van der Waals surface area (Å²) < 4.78 is 2.73. The Balaban J connectivity index is 0.000000426. The second-order valence-electron chi connectivity index (χ2n) is 14.4. The van der Waals surface area contributed by atoms with Crippen molar-refractivity contribution in [3.05, 3.63) is 82.1 Å². The van der Waals surface area contributed by atoms with Crippen LogP contribution in [0.25, 0.3) is 21.5 Å². The number of hydrogen-bond acceptors (Lipinski definition) is 8. The summed E-state index contributed by atoms with van der Waals surface area (Å²) in [6.45, 7) is 0. The van der Waals surface area contributed by atoms with E-state index in [9.17, 15) is 9.59 Å². The van der Waals surface area contributed by atoms with E-state index in [-0.39, 0.29) is 45.3 Å². The van der Waals surface area contributed by atoms with E-state index in [1.807, 2.05) is 75.1 Å². The van der Waals surface area contributed by atoms with Gasteiger partial charge in [-0.15, -0.1) is 22.0 Å². The van der Waals surface area contributed by atoms with Gasteiger partial charge in [-0.1, -0.05) is 126 Å². The van der Waals surface area contributed by atoms with Crippen molar-refractivity contribution in [2.75, 3.05) is 24.1 Å². The average molecular weight is 1100 g/mol. The number of hydrogen-bond donors (Lipinski definition) is 0. The third kappa shape index (κ3) is 17.5. The number of halogens is 2. The van der Waals surface area contributed by atoms with E-state index in [0.717, 1.165) is 10.8 Å². The van der Waals surface area contributed by atoms with Crippen molar-refractivity contribution in [3.8, 4) is 0 Å². The van der Waals surface area contributed by atoms with Crippen LogP contribution >= 0.6 is 19.1 Å². The van der Waals surface area contributed by atoms with Gasteiger partial charge in [0, 0.05) is 39.0 Å². The monoisotopic (exact) mass is 1100 g/mol. The molecule has 10 nitrogen and oxygen atoms in total. The molecule has 4 fully saturated rings. The van der Waals surface area contributed by atoms with E-state index in [4.69, 9.17) is 0 Å². The van der Waals surface area contributed by atoms with Gasteiger partial charge in [0.1, 0.15) is 0 Å². The predicted molar refractivity (Wildman–Crippen MR) is 229 cm³/mol. The molecule has 2 aromatic heterocycles. The molecule has 0 bridgehead atoms. The molecule has 58 heavy (non-hydrogen) atoms. The number of fused-ring (bicyclic) bond motifs is 2. The third-order valence-corrected chi connectivity index (χ3v) is 10.3. The molecule has 324 valence electrons. The molecule has 0 amide bonds. The van der Waals surface area contributed by atoms with Gasteiger partial charge in [0.2, 0.25) is 0 Å². The summed E-state index contributed by atoms with van der Waals surface area (Å²) in [6.07, 6.45) is 30.7. The fraction of sp³-hybridized carbons (Fsp3) is 0.524. The molecule has 4 aliphatic rings. The summed E-state index contributed by atoms with van der Waals surface area (Å²) in [5, 5.41) is 24.2. The zero-order valence-corrected chi connectivity index (χ0v) is 40.7. The number of hydrazone groups is 2. The second-order valence-corrected chi connectivity index (χ2v) is 14.4. The molecule has 4 aromatic rings. The Morgan fingerprint density at radius 2 is 0.879 bits per heavy atom. The van der Waals surface area contributed by atoms with Crippen molar-refractivity contribution in [1.29, 1.82) is 0 Å². The zero-order chi connectivity index (χ0) is 40.7. The average Bonchev–Trinajstić information content (AvgIpc) is 4.11. The van der Waals surface area contributed by atoms with Crippen LogP contribution in [0.3, 0.4) is 0 Å². The maximum absolute atomic E-state index is 12.1.